The van der Waals surface area contributed by atoms with Crippen LogP contribution in [0.5, 0.6) is 5.75 Å². The Morgan fingerprint density at radius 3 is 2.46 bits per heavy atom. The van der Waals surface area contributed by atoms with Crippen LogP contribution in [0.25, 0.3) is 0 Å². The number of rotatable bonds is 6. The average Bonchev–Trinajstić information content (AvgIpc) is 2.74. The largest absolute Gasteiger partial charge is 0.492 e. The van der Waals surface area contributed by atoms with Gasteiger partial charge in [0.25, 0.3) is 0 Å². The number of nitrogens with zero attached hydrogens (tertiary/aromatic N) is 4. The van der Waals surface area contributed by atoms with Gasteiger partial charge in [0.15, 0.2) is 0 Å². The highest BCUT2D eigenvalue weighted by Gasteiger charge is 2.22. The first-order chi connectivity index (χ1) is 13.7. The molecule has 1 aromatic carbocycles. The summed E-state index contributed by atoms with van der Waals surface area (Å²) in [5, 5.41) is 12.2. The molecule has 2 heterocycles. The third-order valence-electron chi connectivity index (χ3n) is 5.15. The van der Waals surface area contributed by atoms with E-state index in [0.29, 0.717) is 36.7 Å². The molecule has 0 bridgehead atoms. The van der Waals surface area contributed by atoms with Crippen LogP contribution in [0.3, 0.4) is 0 Å². The molecule has 1 aromatic rings. The first kappa shape index (κ1) is 20.4. The normalized spacial score (nSPS) is 18.5. The number of benzene rings is 1. The lowest BCUT2D eigenvalue weighted by atomic mass is 10.2. The first-order valence-corrected chi connectivity index (χ1v) is 9.95. The van der Waals surface area contributed by atoms with E-state index >= 15 is 0 Å². The van der Waals surface area contributed by atoms with Crippen LogP contribution in [0.2, 0.25) is 0 Å². The molecule has 2 aliphatic rings. The molecule has 3 rings (SSSR count). The Morgan fingerprint density at radius 2 is 1.82 bits per heavy atom. The Morgan fingerprint density at radius 1 is 1.14 bits per heavy atom. The summed E-state index contributed by atoms with van der Waals surface area (Å²) >= 11 is 0. The molecule has 2 amide bonds. The molecule has 0 radical (unpaired) electrons. The zero-order valence-electron chi connectivity index (χ0n) is 16.5. The minimum atomic E-state index is -0.124. The lowest BCUT2D eigenvalue weighted by Gasteiger charge is -2.36. The van der Waals surface area contributed by atoms with Crippen molar-refractivity contribution < 1.29 is 14.3 Å². The minimum Gasteiger partial charge on any atom is -0.492 e. The molecule has 8 nitrogen and oxygen atoms in total. The van der Waals surface area contributed by atoms with Gasteiger partial charge in [0, 0.05) is 58.0 Å². The predicted octanol–water partition coefficient (Wildman–Crippen LogP) is 1.44. The molecule has 0 unspecified atom stereocenters. The van der Waals surface area contributed by atoms with E-state index in [0.717, 1.165) is 52.5 Å². The summed E-state index contributed by atoms with van der Waals surface area (Å²) in [6, 6.07) is 7.13. The van der Waals surface area contributed by atoms with Crippen LogP contribution < -0.4 is 10.1 Å². The second-order valence-corrected chi connectivity index (χ2v) is 6.97. The van der Waals surface area contributed by atoms with E-state index < -0.39 is 0 Å². The van der Waals surface area contributed by atoms with Crippen molar-refractivity contribution in [2.45, 2.75) is 6.92 Å². The zero-order chi connectivity index (χ0) is 19.8. The number of urea groups is 1. The molecule has 152 valence electrons. The molecule has 2 fully saturated rings. The van der Waals surface area contributed by atoms with Gasteiger partial charge in [-0.3, -0.25) is 9.80 Å². The molecular formula is C20H29N5O3. The molecule has 0 spiro atoms. The molecule has 1 N–H and O–H groups in total. The number of nitrogens with one attached hydrogen (secondary N) is 1. The van der Waals surface area contributed by atoms with Gasteiger partial charge >= 0.3 is 6.03 Å². The summed E-state index contributed by atoms with van der Waals surface area (Å²) in [7, 11) is 0. The molecule has 0 saturated carbocycles. The van der Waals surface area contributed by atoms with Crippen LogP contribution >= 0.6 is 0 Å². The van der Waals surface area contributed by atoms with Crippen LogP contribution in [0, 0.1) is 11.3 Å². The standard InChI is InChI=1S/C20H29N5O3/c1-2-28-19-4-3-18(15-17(19)16-21)22-20(26)25-9-7-23(8-10-25)5-6-24-11-13-27-14-12-24/h3-4,15H,2,5-14H2,1H3,(H,22,26). The fraction of sp³-hybridized carbons (Fsp3) is 0.600. The molecule has 28 heavy (non-hydrogen) atoms. The van der Waals surface area contributed by atoms with Gasteiger partial charge in [-0.25, -0.2) is 4.79 Å². The van der Waals surface area contributed by atoms with Crippen LogP contribution in [-0.2, 0) is 4.74 Å². The van der Waals surface area contributed by atoms with E-state index in [-0.39, 0.29) is 6.03 Å². The number of carbonyl (C=O) groups is 1. The maximum absolute atomic E-state index is 12.5. The van der Waals surface area contributed by atoms with Crippen molar-refractivity contribution in [2.75, 3.05) is 77.5 Å². The van der Waals surface area contributed by atoms with Crippen LogP contribution in [-0.4, -0.2) is 92.9 Å². The van der Waals surface area contributed by atoms with E-state index in [4.69, 9.17) is 9.47 Å². The number of nitriles is 1. The van der Waals surface area contributed by atoms with Crippen molar-refractivity contribution in [1.29, 1.82) is 5.26 Å². The Labute approximate surface area is 166 Å². The van der Waals surface area contributed by atoms with Gasteiger partial charge in [0.2, 0.25) is 0 Å². The summed E-state index contributed by atoms with van der Waals surface area (Å²) in [6.45, 7) is 11.3. The van der Waals surface area contributed by atoms with E-state index in [1.807, 2.05) is 11.8 Å². The Balaban J connectivity index is 1.44. The fourth-order valence-corrected chi connectivity index (χ4v) is 3.46. The summed E-state index contributed by atoms with van der Waals surface area (Å²) in [4.78, 5) is 19.2. The van der Waals surface area contributed by atoms with Crippen molar-refractivity contribution in [3.8, 4) is 11.8 Å². The van der Waals surface area contributed by atoms with Crippen LogP contribution in [0.1, 0.15) is 12.5 Å². The van der Waals surface area contributed by atoms with Gasteiger partial charge in [-0.2, -0.15) is 5.26 Å². The van der Waals surface area contributed by atoms with Crippen molar-refractivity contribution >= 4 is 11.7 Å². The minimum absolute atomic E-state index is 0.124. The second-order valence-electron chi connectivity index (χ2n) is 6.97. The quantitative estimate of drug-likeness (QED) is 0.796. The molecule has 0 aliphatic carbocycles. The molecule has 8 heteroatoms. The van der Waals surface area contributed by atoms with Gasteiger partial charge < -0.3 is 19.7 Å². The molecular weight excluding hydrogens is 358 g/mol. The molecule has 2 aliphatic heterocycles. The number of piperazine rings is 1. The van der Waals surface area contributed by atoms with Gasteiger partial charge in [0.1, 0.15) is 11.8 Å². The topological polar surface area (TPSA) is 81.1 Å². The maximum atomic E-state index is 12.5. The highest BCUT2D eigenvalue weighted by Crippen LogP contribution is 2.22. The summed E-state index contributed by atoms with van der Waals surface area (Å²) in [5.41, 5.74) is 1.03. The lowest BCUT2D eigenvalue weighted by molar-refractivity contribution is 0.0311. The third kappa shape index (κ3) is 5.58. The number of anilines is 1. The average molecular weight is 387 g/mol. The van der Waals surface area contributed by atoms with Crippen molar-refractivity contribution in [3.05, 3.63) is 23.8 Å². The van der Waals surface area contributed by atoms with Crippen molar-refractivity contribution in [1.82, 2.24) is 14.7 Å². The summed E-state index contributed by atoms with van der Waals surface area (Å²) in [5.74, 6) is 0.539. The lowest BCUT2D eigenvalue weighted by Crippen LogP contribution is -2.51. The smallest absolute Gasteiger partial charge is 0.321 e. The van der Waals surface area contributed by atoms with E-state index in [1.54, 1.807) is 18.2 Å². The first-order valence-electron chi connectivity index (χ1n) is 9.95. The summed E-state index contributed by atoms with van der Waals surface area (Å²) < 4.78 is 10.8. The van der Waals surface area contributed by atoms with Crippen LogP contribution in [0.4, 0.5) is 10.5 Å². The summed E-state index contributed by atoms with van der Waals surface area (Å²) in [6.07, 6.45) is 0. The predicted molar refractivity (Wildman–Crippen MR) is 107 cm³/mol. The highest BCUT2D eigenvalue weighted by molar-refractivity contribution is 5.89. The number of hydrogen-bond acceptors (Lipinski definition) is 6. The van der Waals surface area contributed by atoms with Gasteiger partial charge in [-0.05, 0) is 25.1 Å². The Hall–Kier alpha value is -2.34. The highest BCUT2D eigenvalue weighted by atomic mass is 16.5. The SMILES string of the molecule is CCOc1ccc(NC(=O)N2CCN(CCN3CCOCC3)CC2)cc1C#N. The monoisotopic (exact) mass is 387 g/mol. The van der Waals surface area contributed by atoms with E-state index in [2.05, 4.69) is 21.2 Å². The van der Waals surface area contributed by atoms with E-state index in [9.17, 15) is 10.1 Å². The number of morpholine rings is 1. The van der Waals surface area contributed by atoms with Gasteiger partial charge in [0.05, 0.1) is 25.4 Å². The van der Waals surface area contributed by atoms with E-state index in [1.165, 1.54) is 0 Å². The maximum Gasteiger partial charge on any atom is 0.321 e. The van der Waals surface area contributed by atoms with Crippen molar-refractivity contribution in [2.24, 2.45) is 0 Å². The number of carbonyl (C=O) groups excluding carboxylic acids is 1. The molecule has 2 saturated heterocycles. The second kappa shape index (κ2) is 10.3. The number of amides is 2. The van der Waals surface area contributed by atoms with Crippen molar-refractivity contribution in [3.63, 3.8) is 0 Å². The van der Waals surface area contributed by atoms with Gasteiger partial charge in [-0.1, -0.05) is 0 Å². The zero-order valence-corrected chi connectivity index (χ0v) is 16.5. The fourth-order valence-electron chi connectivity index (χ4n) is 3.46. The van der Waals surface area contributed by atoms with Crippen LogP contribution in [0.15, 0.2) is 18.2 Å². The molecule has 0 aromatic heterocycles. The molecule has 0 atom stereocenters. The van der Waals surface area contributed by atoms with Gasteiger partial charge in [-0.15, -0.1) is 0 Å². The Bertz CT molecular complexity index is 692. The third-order valence-corrected chi connectivity index (χ3v) is 5.15. The number of ether oxygens (including phenoxy) is 2. The Kier molecular flexibility index (Phi) is 7.48. The number of hydrogen-bond donors (Lipinski definition) is 1.